The number of rotatable bonds is 10. The van der Waals surface area contributed by atoms with Crippen LogP contribution in [0.15, 0.2) is 0 Å². The molecule has 39 heavy (non-hydrogen) atoms. The van der Waals surface area contributed by atoms with Crippen molar-refractivity contribution in [3.63, 3.8) is 0 Å². The number of aliphatic hydroxyl groups excluding tert-OH is 7. The molecular weight excluding hydrogens is 526 g/mol. The average Bonchev–Trinajstić information content (AvgIpc) is 3.17. The minimum absolute atomic E-state index is 0.0257. The standard InChI is InChI=1S/C22H43N5O12/c1-6(24)17-15(33)16(34)22(37-17)39-19-12(30)8(27-20(35)9(29)2-3-23)4-7(25)18(19)38-21-11(26)14(32)13(31)10(5-28)36-21/h6-19,21-22,28-34H,2-5,23-26H2,1H3,(H,27,35)/t6-,7?,8+,9-,10?,11?,12+,13+,14?,15?,16-,17+,18+,19?,21+,22-/m0/s1. The van der Waals surface area contributed by atoms with Crippen molar-refractivity contribution < 1.29 is 59.5 Å². The average molecular weight is 570 g/mol. The van der Waals surface area contributed by atoms with Crippen molar-refractivity contribution in [2.75, 3.05) is 13.2 Å². The number of hydrogen-bond acceptors (Lipinski definition) is 16. The fourth-order valence-electron chi connectivity index (χ4n) is 5.04. The van der Waals surface area contributed by atoms with E-state index in [-0.39, 0.29) is 19.4 Å². The molecule has 1 amide bonds. The minimum Gasteiger partial charge on any atom is -0.394 e. The molecule has 2 saturated heterocycles. The summed E-state index contributed by atoms with van der Waals surface area (Å²) in [6.45, 7) is 0.930. The zero-order valence-electron chi connectivity index (χ0n) is 21.5. The van der Waals surface area contributed by atoms with Gasteiger partial charge in [0.05, 0.1) is 18.7 Å². The molecule has 0 aromatic heterocycles. The molecule has 1 saturated carbocycles. The summed E-state index contributed by atoms with van der Waals surface area (Å²) in [5, 5.41) is 74.5. The summed E-state index contributed by atoms with van der Waals surface area (Å²) in [5.74, 6) is -0.806. The van der Waals surface area contributed by atoms with Gasteiger partial charge in [0, 0.05) is 12.1 Å². The first-order chi connectivity index (χ1) is 18.3. The summed E-state index contributed by atoms with van der Waals surface area (Å²) >= 11 is 0. The smallest absolute Gasteiger partial charge is 0.249 e. The zero-order valence-corrected chi connectivity index (χ0v) is 21.5. The fourth-order valence-corrected chi connectivity index (χ4v) is 5.04. The van der Waals surface area contributed by atoms with E-state index in [2.05, 4.69) is 5.32 Å². The Kier molecular flexibility index (Phi) is 11.4. The lowest BCUT2D eigenvalue weighted by atomic mass is 9.83. The third kappa shape index (κ3) is 7.03. The Labute approximate surface area is 224 Å². The van der Waals surface area contributed by atoms with E-state index in [4.69, 9.17) is 41.9 Å². The number of nitrogens with two attached hydrogens (primary N) is 4. The highest BCUT2D eigenvalue weighted by molar-refractivity contribution is 5.80. The van der Waals surface area contributed by atoms with Crippen molar-refractivity contribution in [1.82, 2.24) is 5.32 Å². The highest BCUT2D eigenvalue weighted by Gasteiger charge is 2.53. The van der Waals surface area contributed by atoms with Crippen molar-refractivity contribution in [1.29, 1.82) is 0 Å². The van der Waals surface area contributed by atoms with Gasteiger partial charge in [0.25, 0.3) is 0 Å². The predicted molar refractivity (Wildman–Crippen MR) is 130 cm³/mol. The molecule has 228 valence electrons. The second-order valence-electron chi connectivity index (χ2n) is 10.4. The van der Waals surface area contributed by atoms with Crippen LogP contribution < -0.4 is 28.3 Å². The zero-order chi connectivity index (χ0) is 29.2. The number of nitrogens with one attached hydrogen (secondary N) is 1. The monoisotopic (exact) mass is 569 g/mol. The van der Waals surface area contributed by atoms with Crippen LogP contribution in [0.3, 0.4) is 0 Å². The minimum atomic E-state index is -1.57. The molecule has 17 heteroatoms. The molecule has 3 fully saturated rings. The van der Waals surface area contributed by atoms with Crippen LogP contribution in [0.25, 0.3) is 0 Å². The molecule has 16 atom stereocenters. The van der Waals surface area contributed by atoms with E-state index in [1.165, 1.54) is 0 Å². The van der Waals surface area contributed by atoms with E-state index >= 15 is 0 Å². The fraction of sp³-hybridized carbons (Fsp3) is 0.955. The maximum absolute atomic E-state index is 12.4. The van der Waals surface area contributed by atoms with Crippen LogP contribution in [0, 0.1) is 0 Å². The summed E-state index contributed by atoms with van der Waals surface area (Å²) < 4.78 is 22.9. The molecule has 0 bridgehead atoms. The molecule has 2 heterocycles. The van der Waals surface area contributed by atoms with Gasteiger partial charge in [0.15, 0.2) is 12.6 Å². The van der Waals surface area contributed by atoms with Gasteiger partial charge in [-0.15, -0.1) is 0 Å². The highest BCUT2D eigenvalue weighted by atomic mass is 16.7. The molecule has 0 aromatic carbocycles. The van der Waals surface area contributed by atoms with Gasteiger partial charge in [-0.2, -0.15) is 0 Å². The van der Waals surface area contributed by atoms with Gasteiger partial charge in [-0.1, -0.05) is 0 Å². The molecule has 0 radical (unpaired) electrons. The van der Waals surface area contributed by atoms with Crippen molar-refractivity contribution in [2.24, 2.45) is 22.9 Å². The third-order valence-electron chi connectivity index (χ3n) is 7.38. The normalized spacial score (nSPS) is 46.6. The summed E-state index contributed by atoms with van der Waals surface area (Å²) in [6, 6.07) is -4.04. The lowest BCUT2D eigenvalue weighted by molar-refractivity contribution is -0.310. The van der Waals surface area contributed by atoms with Crippen LogP contribution >= 0.6 is 0 Å². The lowest BCUT2D eigenvalue weighted by Gasteiger charge is -2.47. The molecule has 3 aliphatic rings. The van der Waals surface area contributed by atoms with Crippen molar-refractivity contribution >= 4 is 5.91 Å². The van der Waals surface area contributed by atoms with Gasteiger partial charge in [-0.3, -0.25) is 4.79 Å². The highest BCUT2D eigenvalue weighted by Crippen LogP contribution is 2.33. The van der Waals surface area contributed by atoms with Gasteiger partial charge < -0.3 is 82.9 Å². The number of aliphatic hydroxyl groups is 7. The summed E-state index contributed by atoms with van der Waals surface area (Å²) in [7, 11) is 0. The van der Waals surface area contributed by atoms with Gasteiger partial charge in [0.2, 0.25) is 5.91 Å². The molecule has 2 aliphatic heterocycles. The molecule has 3 rings (SSSR count). The first-order valence-corrected chi connectivity index (χ1v) is 12.9. The first-order valence-electron chi connectivity index (χ1n) is 12.9. The second kappa shape index (κ2) is 13.7. The van der Waals surface area contributed by atoms with Crippen LogP contribution in [-0.4, -0.2) is 153 Å². The largest absolute Gasteiger partial charge is 0.394 e. The van der Waals surface area contributed by atoms with Crippen LogP contribution in [0.4, 0.5) is 0 Å². The van der Waals surface area contributed by atoms with E-state index < -0.39 is 110 Å². The van der Waals surface area contributed by atoms with Crippen molar-refractivity contribution in [2.45, 2.75) is 118 Å². The second-order valence-corrected chi connectivity index (χ2v) is 10.4. The van der Waals surface area contributed by atoms with Crippen LogP contribution in [0.1, 0.15) is 19.8 Å². The maximum atomic E-state index is 12.4. The molecule has 0 spiro atoms. The molecule has 6 unspecified atom stereocenters. The number of hydrogen-bond donors (Lipinski definition) is 12. The maximum Gasteiger partial charge on any atom is 0.249 e. The number of carbonyl (C=O) groups is 1. The lowest BCUT2D eigenvalue weighted by Crippen LogP contribution is -2.69. The molecule has 17 nitrogen and oxygen atoms in total. The van der Waals surface area contributed by atoms with Crippen LogP contribution in [-0.2, 0) is 23.7 Å². The summed E-state index contributed by atoms with van der Waals surface area (Å²) in [4.78, 5) is 12.4. The topological polar surface area (TPSA) is 312 Å². The Morgan fingerprint density at radius 3 is 2.18 bits per heavy atom. The Morgan fingerprint density at radius 1 is 0.974 bits per heavy atom. The van der Waals surface area contributed by atoms with E-state index in [9.17, 15) is 40.5 Å². The van der Waals surface area contributed by atoms with Crippen molar-refractivity contribution in [3.8, 4) is 0 Å². The SMILES string of the molecule is C[C@H](N)[C@H]1O[C@@H](OC2[C@H](O[C@H]3OC(CO)[C@@H](O)C(O)C3N)C(N)C[C@@H](NC(=O)[C@@H](O)CCN)[C@H]2O)[C@@H](O)C1O. The van der Waals surface area contributed by atoms with Gasteiger partial charge in [0.1, 0.15) is 61.0 Å². The van der Waals surface area contributed by atoms with Gasteiger partial charge >= 0.3 is 0 Å². The number of ether oxygens (including phenoxy) is 4. The number of amides is 1. The van der Waals surface area contributed by atoms with E-state index in [1.54, 1.807) is 6.92 Å². The quantitative estimate of drug-likeness (QED) is 0.116. The van der Waals surface area contributed by atoms with Crippen molar-refractivity contribution in [3.05, 3.63) is 0 Å². The van der Waals surface area contributed by atoms with E-state index in [0.717, 1.165) is 0 Å². The Balaban J connectivity index is 1.85. The molecule has 1 aliphatic carbocycles. The van der Waals surface area contributed by atoms with Gasteiger partial charge in [-0.05, 0) is 26.3 Å². The molecule has 16 N–H and O–H groups in total. The summed E-state index contributed by atoms with van der Waals surface area (Å²) in [5.41, 5.74) is 23.6. The van der Waals surface area contributed by atoms with Gasteiger partial charge in [-0.25, -0.2) is 0 Å². The number of carbonyl (C=O) groups excluding carboxylic acids is 1. The molecule has 0 aromatic rings. The predicted octanol–water partition coefficient (Wildman–Crippen LogP) is -7.40. The van der Waals surface area contributed by atoms with E-state index in [0.29, 0.717) is 0 Å². The third-order valence-corrected chi connectivity index (χ3v) is 7.38. The van der Waals surface area contributed by atoms with Crippen LogP contribution in [0.5, 0.6) is 0 Å². The first kappa shape index (κ1) is 32.4. The Morgan fingerprint density at radius 2 is 1.62 bits per heavy atom. The van der Waals surface area contributed by atoms with E-state index in [1.807, 2.05) is 0 Å². The summed E-state index contributed by atoms with van der Waals surface area (Å²) in [6.07, 6.45) is -17.0. The van der Waals surface area contributed by atoms with Crippen LogP contribution in [0.2, 0.25) is 0 Å². The molecular formula is C22H43N5O12. The Bertz CT molecular complexity index is 799. The Hall–Kier alpha value is -1.13.